The van der Waals surface area contributed by atoms with Gasteiger partial charge in [0.1, 0.15) is 17.5 Å². The predicted octanol–water partition coefficient (Wildman–Crippen LogP) is 0.129. The molecule has 0 spiro atoms. The lowest BCUT2D eigenvalue weighted by atomic mass is 9.87. The zero-order valence-electron chi connectivity index (χ0n) is 14.6. The average molecular weight is 366 g/mol. The minimum Gasteiger partial charge on any atom is -0.494 e. The Labute approximate surface area is 150 Å². The van der Waals surface area contributed by atoms with Crippen LogP contribution in [-0.2, 0) is 19.1 Å². The first-order valence-electron chi connectivity index (χ1n) is 8.09. The van der Waals surface area contributed by atoms with Crippen LogP contribution in [0.1, 0.15) is 25.7 Å². The molecule has 2 amide bonds. The molecule has 2 rings (SSSR count). The molecule has 1 aliphatic carbocycles. The highest BCUT2D eigenvalue weighted by molar-refractivity contribution is 6.39. The van der Waals surface area contributed by atoms with Crippen molar-refractivity contribution in [2.24, 2.45) is 11.8 Å². The number of nitrogens with zero attached hydrogens (tertiary/aromatic N) is 1. The third-order valence-electron chi connectivity index (χ3n) is 4.14. The SMILES string of the molecule is COc1cc(O[C@H]2CC[C@@H](C(=O)OC)CC2)ncc1NC(=O)C(=O)NN. The molecule has 0 aromatic carbocycles. The first kappa shape index (κ1) is 19.4. The largest absolute Gasteiger partial charge is 0.494 e. The molecule has 0 radical (unpaired) electrons. The van der Waals surface area contributed by atoms with Gasteiger partial charge in [-0.05, 0) is 25.7 Å². The molecule has 0 unspecified atom stereocenters. The van der Waals surface area contributed by atoms with Gasteiger partial charge in [-0.25, -0.2) is 10.8 Å². The molecule has 142 valence electrons. The zero-order chi connectivity index (χ0) is 19.1. The number of carbonyl (C=O) groups excluding carboxylic acids is 3. The number of hydrogen-bond acceptors (Lipinski definition) is 8. The first-order chi connectivity index (χ1) is 12.5. The lowest BCUT2D eigenvalue weighted by molar-refractivity contribution is -0.147. The minimum absolute atomic E-state index is 0.0726. The van der Waals surface area contributed by atoms with Gasteiger partial charge in [-0.15, -0.1) is 0 Å². The number of carbonyl (C=O) groups is 3. The van der Waals surface area contributed by atoms with E-state index in [2.05, 4.69) is 10.3 Å². The maximum atomic E-state index is 11.6. The molecule has 1 heterocycles. The number of pyridine rings is 1. The molecule has 0 aliphatic heterocycles. The van der Waals surface area contributed by atoms with E-state index in [1.165, 1.54) is 26.5 Å². The second-order valence-corrected chi connectivity index (χ2v) is 5.77. The Morgan fingerprint density at radius 3 is 2.42 bits per heavy atom. The Balaban J connectivity index is 1.98. The van der Waals surface area contributed by atoms with Crippen LogP contribution >= 0.6 is 0 Å². The topological polar surface area (TPSA) is 142 Å². The number of ether oxygens (including phenoxy) is 3. The summed E-state index contributed by atoms with van der Waals surface area (Å²) in [4.78, 5) is 38.4. The monoisotopic (exact) mass is 366 g/mol. The lowest BCUT2D eigenvalue weighted by Gasteiger charge is -2.27. The Kier molecular flexibility index (Phi) is 6.73. The molecule has 1 fully saturated rings. The number of hydrogen-bond donors (Lipinski definition) is 3. The van der Waals surface area contributed by atoms with Gasteiger partial charge in [0.25, 0.3) is 0 Å². The van der Waals surface area contributed by atoms with E-state index in [0.717, 1.165) is 0 Å². The number of aromatic nitrogens is 1. The normalized spacial score (nSPS) is 19.2. The molecule has 26 heavy (non-hydrogen) atoms. The lowest BCUT2D eigenvalue weighted by Crippen LogP contribution is -2.39. The van der Waals surface area contributed by atoms with Crippen molar-refractivity contribution in [2.75, 3.05) is 19.5 Å². The van der Waals surface area contributed by atoms with Crippen LogP contribution in [0.15, 0.2) is 12.3 Å². The van der Waals surface area contributed by atoms with Gasteiger partial charge in [0.05, 0.1) is 26.3 Å². The summed E-state index contributed by atoms with van der Waals surface area (Å²) in [5.74, 6) is 3.31. The summed E-state index contributed by atoms with van der Waals surface area (Å²) in [6.45, 7) is 0. The van der Waals surface area contributed by atoms with Crippen molar-refractivity contribution in [1.29, 1.82) is 0 Å². The summed E-state index contributed by atoms with van der Waals surface area (Å²) >= 11 is 0. The number of esters is 1. The molecule has 10 heteroatoms. The Hall–Kier alpha value is -2.88. The second-order valence-electron chi connectivity index (χ2n) is 5.77. The molecule has 1 aromatic heterocycles. The van der Waals surface area contributed by atoms with E-state index in [1.807, 2.05) is 0 Å². The van der Waals surface area contributed by atoms with Crippen LogP contribution in [0.2, 0.25) is 0 Å². The van der Waals surface area contributed by atoms with Gasteiger partial charge in [0, 0.05) is 6.07 Å². The van der Waals surface area contributed by atoms with Gasteiger partial charge in [-0.2, -0.15) is 0 Å². The summed E-state index contributed by atoms with van der Waals surface area (Å²) in [5, 5.41) is 2.34. The molecular weight excluding hydrogens is 344 g/mol. The van der Waals surface area contributed by atoms with E-state index in [0.29, 0.717) is 31.6 Å². The summed E-state index contributed by atoms with van der Waals surface area (Å²) < 4.78 is 15.8. The van der Waals surface area contributed by atoms with Crippen LogP contribution in [0.4, 0.5) is 5.69 Å². The standard InChI is InChI=1S/C16H22N4O6/c1-24-12-7-13(18-8-11(12)19-14(21)15(22)20-17)26-10-5-3-9(4-6-10)16(23)25-2/h7-10H,3-6,17H2,1-2H3,(H,19,21)(H,20,22)/t9-,10+. The second kappa shape index (κ2) is 8.99. The van der Waals surface area contributed by atoms with E-state index < -0.39 is 11.8 Å². The van der Waals surface area contributed by atoms with E-state index in [4.69, 9.17) is 20.1 Å². The number of methoxy groups -OCH3 is 2. The van der Waals surface area contributed by atoms with E-state index in [9.17, 15) is 14.4 Å². The Bertz CT molecular complexity index is 673. The predicted molar refractivity (Wildman–Crippen MR) is 90.1 cm³/mol. The molecule has 1 saturated carbocycles. The van der Waals surface area contributed by atoms with Gasteiger partial charge < -0.3 is 19.5 Å². The highest BCUT2D eigenvalue weighted by atomic mass is 16.5. The first-order valence-corrected chi connectivity index (χ1v) is 8.09. The fraction of sp³-hybridized carbons (Fsp3) is 0.500. The number of amides is 2. The van der Waals surface area contributed by atoms with Crippen LogP contribution in [0.5, 0.6) is 11.6 Å². The van der Waals surface area contributed by atoms with Gasteiger partial charge in [-0.1, -0.05) is 0 Å². The summed E-state index contributed by atoms with van der Waals surface area (Å²) in [6, 6.07) is 1.52. The van der Waals surface area contributed by atoms with Crippen molar-refractivity contribution in [3.05, 3.63) is 12.3 Å². The number of rotatable bonds is 5. The van der Waals surface area contributed by atoms with E-state index in [1.54, 1.807) is 5.43 Å². The maximum Gasteiger partial charge on any atom is 0.323 e. The summed E-state index contributed by atoms with van der Waals surface area (Å²) in [7, 11) is 2.80. The third kappa shape index (κ3) is 4.82. The molecule has 0 atom stereocenters. The van der Waals surface area contributed by atoms with E-state index in [-0.39, 0.29) is 29.4 Å². The molecule has 4 N–H and O–H groups in total. The van der Waals surface area contributed by atoms with Crippen molar-refractivity contribution in [2.45, 2.75) is 31.8 Å². The molecule has 0 bridgehead atoms. The van der Waals surface area contributed by atoms with Crippen LogP contribution in [0, 0.1) is 5.92 Å². The number of anilines is 1. The highest BCUT2D eigenvalue weighted by Crippen LogP contribution is 2.31. The number of hydrazine groups is 1. The van der Waals surface area contributed by atoms with Crippen molar-refractivity contribution in [3.8, 4) is 11.6 Å². The molecular formula is C16H22N4O6. The number of nitrogens with one attached hydrogen (secondary N) is 2. The fourth-order valence-corrected chi connectivity index (χ4v) is 2.74. The highest BCUT2D eigenvalue weighted by Gasteiger charge is 2.28. The quantitative estimate of drug-likeness (QED) is 0.219. The number of nitrogens with two attached hydrogens (primary N) is 1. The Morgan fingerprint density at radius 2 is 1.85 bits per heavy atom. The van der Waals surface area contributed by atoms with Crippen molar-refractivity contribution < 1.29 is 28.6 Å². The molecule has 1 aliphatic rings. The zero-order valence-corrected chi connectivity index (χ0v) is 14.6. The minimum atomic E-state index is -0.991. The fourth-order valence-electron chi connectivity index (χ4n) is 2.74. The average Bonchev–Trinajstić information content (AvgIpc) is 2.68. The van der Waals surface area contributed by atoms with Crippen LogP contribution in [-0.4, -0.2) is 43.1 Å². The third-order valence-corrected chi connectivity index (χ3v) is 4.14. The van der Waals surface area contributed by atoms with Gasteiger partial charge in [0.15, 0.2) is 0 Å². The van der Waals surface area contributed by atoms with Crippen LogP contribution < -0.4 is 26.1 Å². The molecule has 1 aromatic rings. The van der Waals surface area contributed by atoms with Crippen molar-refractivity contribution in [1.82, 2.24) is 10.4 Å². The van der Waals surface area contributed by atoms with E-state index >= 15 is 0 Å². The summed E-state index contributed by atoms with van der Waals surface area (Å²) in [5.41, 5.74) is 1.94. The van der Waals surface area contributed by atoms with Crippen molar-refractivity contribution in [3.63, 3.8) is 0 Å². The smallest absolute Gasteiger partial charge is 0.323 e. The Morgan fingerprint density at radius 1 is 1.15 bits per heavy atom. The maximum absolute atomic E-state index is 11.6. The van der Waals surface area contributed by atoms with Gasteiger partial charge in [-0.3, -0.25) is 19.8 Å². The summed E-state index contributed by atoms with van der Waals surface area (Å²) in [6.07, 6.45) is 4.05. The molecule has 10 nitrogen and oxygen atoms in total. The van der Waals surface area contributed by atoms with Crippen LogP contribution in [0.3, 0.4) is 0 Å². The van der Waals surface area contributed by atoms with Crippen LogP contribution in [0.25, 0.3) is 0 Å². The van der Waals surface area contributed by atoms with Crippen molar-refractivity contribution >= 4 is 23.5 Å². The molecule has 0 saturated heterocycles. The van der Waals surface area contributed by atoms with Gasteiger partial charge in [0.2, 0.25) is 5.88 Å². The van der Waals surface area contributed by atoms with Gasteiger partial charge >= 0.3 is 17.8 Å².